The summed E-state index contributed by atoms with van der Waals surface area (Å²) < 4.78 is 15.3. The summed E-state index contributed by atoms with van der Waals surface area (Å²) in [4.78, 5) is 17.2. The molecule has 0 spiro atoms. The molecule has 98 valence electrons. The van der Waals surface area contributed by atoms with Gasteiger partial charge in [-0.3, -0.25) is 4.57 Å². The van der Waals surface area contributed by atoms with Gasteiger partial charge in [0.2, 0.25) is 0 Å². The predicted molar refractivity (Wildman–Crippen MR) is 61.9 cm³/mol. The average molecular weight is 304 g/mol. The third-order valence-electron chi connectivity index (χ3n) is 2.39. The maximum Gasteiger partial charge on any atom is 0.325 e. The van der Waals surface area contributed by atoms with Gasteiger partial charge in [0.25, 0.3) is 0 Å². The Morgan fingerprint density at radius 1 is 0.944 bits per heavy atom. The number of ether oxygens (including phenoxy) is 1. The average Bonchev–Trinajstić information content (AvgIpc) is 2.17. The Morgan fingerprint density at radius 3 is 1.89 bits per heavy atom. The van der Waals surface area contributed by atoms with Gasteiger partial charge >= 0.3 is 7.60 Å². The molecule has 2 radical (unpaired) electrons. The number of aliphatic hydroxyl groups excluding tert-OH is 4. The van der Waals surface area contributed by atoms with E-state index in [0.29, 0.717) is 0 Å². The van der Waals surface area contributed by atoms with E-state index < -0.39 is 44.5 Å². The molecule has 1 aliphatic heterocycles. The fourth-order valence-electron chi connectivity index (χ4n) is 1.46. The second-order valence-electron chi connectivity index (χ2n) is 3.71. The summed E-state index contributed by atoms with van der Waals surface area (Å²) >= 11 is 0. The first kappa shape index (κ1) is 22.2. The Hall–Kier alpha value is 1.95. The Kier molecular flexibility index (Phi) is 11.2. The summed E-state index contributed by atoms with van der Waals surface area (Å²) in [5.41, 5.74) is 0. The quantitative estimate of drug-likeness (QED) is 0.233. The molecule has 1 fully saturated rings. The molecule has 1 aliphatic rings. The Bertz CT molecular complexity index is 287. The number of aliphatic hydroxyl groups is 4. The zero-order valence-electron chi connectivity index (χ0n) is 10.2. The maximum absolute atomic E-state index is 10.6. The van der Waals surface area contributed by atoms with Crippen molar-refractivity contribution in [3.63, 3.8) is 0 Å². The van der Waals surface area contributed by atoms with E-state index in [4.69, 9.17) is 24.7 Å². The zero-order valence-corrected chi connectivity index (χ0v) is 15.1. The monoisotopic (exact) mass is 304 g/mol. The Labute approximate surface area is 148 Å². The van der Waals surface area contributed by atoms with Gasteiger partial charge in [-0.1, -0.05) is 0 Å². The van der Waals surface area contributed by atoms with E-state index in [9.17, 15) is 14.8 Å². The summed E-state index contributed by atoms with van der Waals surface area (Å²) in [6.07, 6.45) is -8.31. The van der Waals surface area contributed by atoms with Gasteiger partial charge in [-0.15, -0.1) is 0 Å². The van der Waals surface area contributed by atoms with Crippen LogP contribution in [0.25, 0.3) is 0 Å². The van der Waals surface area contributed by atoms with Crippen LogP contribution in [0.15, 0.2) is 0 Å². The van der Waals surface area contributed by atoms with Gasteiger partial charge in [-0.2, -0.15) is 0 Å². The first-order valence-corrected chi connectivity index (χ1v) is 6.44. The van der Waals surface area contributed by atoms with Crippen LogP contribution >= 0.6 is 7.60 Å². The van der Waals surface area contributed by atoms with Crippen molar-refractivity contribution in [3.8, 4) is 0 Å². The van der Waals surface area contributed by atoms with E-state index in [1.807, 2.05) is 0 Å². The van der Waals surface area contributed by atoms with Crippen molar-refractivity contribution in [1.29, 1.82) is 0 Å². The summed E-state index contributed by atoms with van der Waals surface area (Å²) in [5, 5.41) is 37.0. The van der Waals surface area contributed by atoms with E-state index in [-0.39, 0.29) is 65.5 Å². The summed E-state index contributed by atoms with van der Waals surface area (Å²) in [7, 11) is -4.23. The molecule has 1 heterocycles. The van der Waals surface area contributed by atoms with Crippen molar-refractivity contribution in [3.05, 3.63) is 0 Å². The third kappa shape index (κ3) is 6.60. The fourth-order valence-corrected chi connectivity index (χ4v) is 2.06. The minimum absolute atomic E-state index is 0. The van der Waals surface area contributed by atoms with Crippen LogP contribution in [0.2, 0.25) is 0 Å². The van der Waals surface area contributed by atoms with Crippen molar-refractivity contribution in [2.24, 2.45) is 0 Å². The molecule has 0 saturated carbocycles. The van der Waals surface area contributed by atoms with Crippen LogP contribution in [0.5, 0.6) is 0 Å². The minimum Gasteiger partial charge on any atom is -0.388 e. The molecular weight excluding hydrogens is 289 g/mol. The molecule has 18 heavy (non-hydrogen) atoms. The standard InChI is InChI=1S/C7H15O8P.2Na/c8-4-3(1-2-16(12,13)14)15-7(11)6(10)5(4)9;;/h3-11H,1-2H2,(H2,12,13,14);;/t3-,4-,5+,6+,7+;;/m1../s1. The molecule has 8 nitrogen and oxygen atoms in total. The Balaban J connectivity index is 0. The fraction of sp³-hybridized carbons (Fsp3) is 1.00. The van der Waals surface area contributed by atoms with Gasteiger partial charge in [0, 0.05) is 59.1 Å². The van der Waals surface area contributed by atoms with Crippen LogP contribution in [0.3, 0.4) is 0 Å². The van der Waals surface area contributed by atoms with Crippen molar-refractivity contribution in [1.82, 2.24) is 0 Å². The van der Waals surface area contributed by atoms with Crippen LogP contribution in [0.4, 0.5) is 0 Å². The van der Waals surface area contributed by atoms with Crippen molar-refractivity contribution < 1.29 is 39.5 Å². The van der Waals surface area contributed by atoms with E-state index in [1.165, 1.54) is 0 Å². The first-order chi connectivity index (χ1) is 7.22. The van der Waals surface area contributed by atoms with Crippen LogP contribution < -0.4 is 0 Å². The number of hydrogen-bond acceptors (Lipinski definition) is 6. The van der Waals surface area contributed by atoms with E-state index in [1.54, 1.807) is 0 Å². The predicted octanol–water partition coefficient (Wildman–Crippen LogP) is -3.41. The summed E-state index contributed by atoms with van der Waals surface area (Å²) in [6.45, 7) is 0. The van der Waals surface area contributed by atoms with Gasteiger partial charge in [0.1, 0.15) is 18.3 Å². The molecule has 0 bridgehead atoms. The molecule has 0 aromatic heterocycles. The molecule has 11 heteroatoms. The molecule has 0 aromatic carbocycles. The van der Waals surface area contributed by atoms with Gasteiger partial charge in [0.15, 0.2) is 6.29 Å². The first-order valence-electron chi connectivity index (χ1n) is 4.64. The van der Waals surface area contributed by atoms with Crippen LogP contribution in [-0.2, 0) is 9.30 Å². The zero-order chi connectivity index (χ0) is 12.5. The summed E-state index contributed by atoms with van der Waals surface area (Å²) in [5.74, 6) is 0. The van der Waals surface area contributed by atoms with Crippen molar-refractivity contribution in [2.45, 2.75) is 37.1 Å². The molecule has 1 rings (SSSR count). The van der Waals surface area contributed by atoms with Gasteiger partial charge < -0.3 is 34.9 Å². The maximum atomic E-state index is 10.6. The minimum atomic E-state index is -4.23. The smallest absolute Gasteiger partial charge is 0.325 e. The van der Waals surface area contributed by atoms with Crippen LogP contribution in [-0.4, -0.2) is 126 Å². The molecule has 6 N–H and O–H groups in total. The normalized spacial score (nSPS) is 36.4. The van der Waals surface area contributed by atoms with Crippen molar-refractivity contribution >= 4 is 66.7 Å². The van der Waals surface area contributed by atoms with Crippen molar-refractivity contribution in [2.75, 3.05) is 6.16 Å². The molecule has 0 aromatic rings. The topological polar surface area (TPSA) is 148 Å². The summed E-state index contributed by atoms with van der Waals surface area (Å²) in [6, 6.07) is 0. The van der Waals surface area contributed by atoms with Gasteiger partial charge in [0.05, 0.1) is 12.3 Å². The Morgan fingerprint density at radius 2 is 1.44 bits per heavy atom. The van der Waals surface area contributed by atoms with Crippen LogP contribution in [0.1, 0.15) is 6.42 Å². The molecular formula is C7H15Na2O8P. The molecule has 1 saturated heterocycles. The second kappa shape index (κ2) is 9.07. The molecule has 5 atom stereocenters. The number of hydrogen-bond donors (Lipinski definition) is 6. The van der Waals surface area contributed by atoms with Crippen LogP contribution in [0, 0.1) is 0 Å². The van der Waals surface area contributed by atoms with Gasteiger partial charge in [-0.05, 0) is 6.42 Å². The number of rotatable bonds is 3. The van der Waals surface area contributed by atoms with Gasteiger partial charge in [-0.25, -0.2) is 0 Å². The molecule has 0 unspecified atom stereocenters. The molecule has 0 aliphatic carbocycles. The SMILES string of the molecule is O=P(O)(O)CC[C@H]1O[C@H](O)[C@@H](O)[C@@H](O)[C@@H]1O.[Na].[Na]. The van der Waals surface area contributed by atoms with E-state index in [2.05, 4.69) is 0 Å². The van der Waals surface area contributed by atoms with E-state index in [0.717, 1.165) is 0 Å². The molecule has 0 amide bonds. The third-order valence-corrected chi connectivity index (χ3v) is 3.23. The van der Waals surface area contributed by atoms with E-state index >= 15 is 0 Å². The second-order valence-corrected chi connectivity index (χ2v) is 5.49. The largest absolute Gasteiger partial charge is 0.388 e.